The van der Waals surface area contributed by atoms with Gasteiger partial charge in [0, 0.05) is 11.4 Å². The molecule has 3 heteroatoms. The van der Waals surface area contributed by atoms with Crippen molar-refractivity contribution in [3.05, 3.63) is 23.8 Å². The van der Waals surface area contributed by atoms with E-state index in [1.54, 1.807) is 11.8 Å². The minimum Gasteiger partial charge on any atom is -0.384 e. The summed E-state index contributed by atoms with van der Waals surface area (Å²) < 4.78 is 0. The van der Waals surface area contributed by atoms with Gasteiger partial charge in [-0.2, -0.15) is 5.26 Å². The number of nitrogens with zero attached hydrogens (tertiary/aromatic N) is 1. The van der Waals surface area contributed by atoms with Gasteiger partial charge >= 0.3 is 0 Å². The third kappa shape index (κ3) is 3.45. The molecule has 0 aliphatic heterocycles. The van der Waals surface area contributed by atoms with Crippen LogP contribution < -0.4 is 5.32 Å². The maximum atomic E-state index is 9.37. The van der Waals surface area contributed by atoms with Crippen LogP contribution >= 0.6 is 11.8 Å². The van der Waals surface area contributed by atoms with Crippen LogP contribution in [0.15, 0.2) is 23.1 Å². The molecule has 0 radical (unpaired) electrons. The molecule has 2 rings (SSSR count). The Morgan fingerprint density at radius 1 is 1.42 bits per heavy atom. The molecule has 102 valence electrons. The first-order valence-corrected chi connectivity index (χ1v) is 8.14. The molecule has 2 unspecified atom stereocenters. The van der Waals surface area contributed by atoms with Crippen LogP contribution in [0.5, 0.6) is 0 Å². The van der Waals surface area contributed by atoms with E-state index in [9.17, 15) is 5.26 Å². The van der Waals surface area contributed by atoms with Gasteiger partial charge in [0.25, 0.3) is 0 Å². The molecule has 1 fully saturated rings. The van der Waals surface area contributed by atoms with Gasteiger partial charge in [0.2, 0.25) is 0 Å². The highest BCUT2D eigenvalue weighted by molar-refractivity contribution is 7.99. The van der Waals surface area contributed by atoms with Gasteiger partial charge in [-0.05, 0) is 36.1 Å². The van der Waals surface area contributed by atoms with E-state index in [1.807, 2.05) is 18.2 Å². The molecule has 2 nitrogen and oxygen atoms in total. The van der Waals surface area contributed by atoms with E-state index >= 15 is 0 Å². The lowest BCUT2D eigenvalue weighted by Crippen LogP contribution is -2.17. The Balaban J connectivity index is 2.07. The fourth-order valence-electron chi connectivity index (χ4n) is 2.84. The van der Waals surface area contributed by atoms with E-state index in [1.165, 1.54) is 19.3 Å². The van der Waals surface area contributed by atoms with Gasteiger partial charge in [-0.1, -0.05) is 32.8 Å². The molecule has 0 aromatic heterocycles. The molecular weight excluding hydrogens is 252 g/mol. The molecule has 0 bridgehead atoms. The van der Waals surface area contributed by atoms with E-state index in [4.69, 9.17) is 0 Å². The van der Waals surface area contributed by atoms with Crippen LogP contribution in [0.4, 0.5) is 5.69 Å². The Hall–Kier alpha value is -1.14. The third-order valence-corrected chi connectivity index (χ3v) is 4.97. The second kappa shape index (κ2) is 6.86. The zero-order chi connectivity index (χ0) is 13.7. The van der Waals surface area contributed by atoms with E-state index in [0.717, 1.165) is 40.3 Å². The predicted molar refractivity (Wildman–Crippen MR) is 82.5 cm³/mol. The second-order valence-corrected chi connectivity index (χ2v) is 6.58. The van der Waals surface area contributed by atoms with Crippen molar-refractivity contribution in [1.29, 1.82) is 5.26 Å². The number of hydrogen-bond acceptors (Lipinski definition) is 3. The standard InChI is InChI=1S/C16H22N2S/c1-3-19-16-9-5-8-15(14(16)10-17)18-11-13-7-4-6-12(13)2/h5,8-9,12-13,18H,3-4,6-7,11H2,1-2H3. The van der Waals surface area contributed by atoms with Crippen LogP contribution in [-0.2, 0) is 0 Å². The highest BCUT2D eigenvalue weighted by Gasteiger charge is 2.23. The first-order valence-electron chi connectivity index (χ1n) is 7.16. The number of nitrogens with one attached hydrogen (secondary N) is 1. The average Bonchev–Trinajstić information content (AvgIpc) is 2.82. The summed E-state index contributed by atoms with van der Waals surface area (Å²) >= 11 is 1.74. The molecule has 1 aromatic carbocycles. The van der Waals surface area contributed by atoms with Crippen molar-refractivity contribution in [1.82, 2.24) is 0 Å². The molecule has 2 atom stereocenters. The van der Waals surface area contributed by atoms with Crippen LogP contribution in [0.1, 0.15) is 38.7 Å². The van der Waals surface area contributed by atoms with Gasteiger partial charge in [-0.25, -0.2) is 0 Å². The zero-order valence-corrected chi connectivity index (χ0v) is 12.6. The van der Waals surface area contributed by atoms with E-state index in [-0.39, 0.29) is 0 Å². The number of benzene rings is 1. The van der Waals surface area contributed by atoms with Crippen molar-refractivity contribution in [2.45, 2.75) is 38.0 Å². The zero-order valence-electron chi connectivity index (χ0n) is 11.8. The monoisotopic (exact) mass is 274 g/mol. The fraction of sp³-hybridized carbons (Fsp3) is 0.562. The lowest BCUT2D eigenvalue weighted by atomic mass is 9.98. The lowest BCUT2D eigenvalue weighted by molar-refractivity contribution is 0.439. The molecule has 19 heavy (non-hydrogen) atoms. The van der Waals surface area contributed by atoms with Gasteiger partial charge in [0.05, 0.1) is 11.3 Å². The largest absolute Gasteiger partial charge is 0.384 e. The molecule has 0 saturated heterocycles. The van der Waals surface area contributed by atoms with Gasteiger partial charge in [-0.3, -0.25) is 0 Å². The van der Waals surface area contributed by atoms with Crippen molar-refractivity contribution in [3.8, 4) is 6.07 Å². The summed E-state index contributed by atoms with van der Waals surface area (Å²) in [6.45, 7) is 5.45. The number of hydrogen-bond donors (Lipinski definition) is 1. The maximum Gasteiger partial charge on any atom is 0.102 e. The normalized spacial score (nSPS) is 22.2. The van der Waals surface area contributed by atoms with E-state index < -0.39 is 0 Å². The smallest absolute Gasteiger partial charge is 0.102 e. The topological polar surface area (TPSA) is 35.8 Å². The van der Waals surface area contributed by atoms with Gasteiger partial charge in [-0.15, -0.1) is 11.8 Å². The fourth-order valence-corrected chi connectivity index (χ4v) is 3.62. The van der Waals surface area contributed by atoms with Crippen molar-refractivity contribution in [2.75, 3.05) is 17.6 Å². The number of thioether (sulfide) groups is 1. The minimum absolute atomic E-state index is 0.758. The molecule has 1 aromatic rings. The SMILES string of the molecule is CCSc1cccc(NCC2CCCC2C)c1C#N. The summed E-state index contributed by atoms with van der Waals surface area (Å²) in [5.74, 6) is 2.57. The summed E-state index contributed by atoms with van der Waals surface area (Å²) in [4.78, 5) is 1.09. The van der Waals surface area contributed by atoms with Gasteiger partial charge in [0.1, 0.15) is 6.07 Å². The number of anilines is 1. The van der Waals surface area contributed by atoms with Gasteiger partial charge in [0.15, 0.2) is 0 Å². The Bertz CT molecular complexity index is 464. The summed E-state index contributed by atoms with van der Waals surface area (Å²) in [6, 6.07) is 8.46. The molecule has 1 aliphatic carbocycles. The van der Waals surface area contributed by atoms with Crippen molar-refractivity contribution >= 4 is 17.4 Å². The van der Waals surface area contributed by atoms with Crippen LogP contribution in [0, 0.1) is 23.2 Å². The number of rotatable bonds is 5. The lowest BCUT2D eigenvalue weighted by Gasteiger charge is -2.18. The van der Waals surface area contributed by atoms with Crippen LogP contribution in [-0.4, -0.2) is 12.3 Å². The molecule has 0 spiro atoms. The molecule has 0 amide bonds. The first kappa shape index (κ1) is 14.3. The summed E-state index contributed by atoms with van der Waals surface area (Å²) in [5.41, 5.74) is 1.81. The summed E-state index contributed by atoms with van der Waals surface area (Å²) in [5, 5.41) is 12.9. The van der Waals surface area contributed by atoms with Crippen molar-refractivity contribution in [2.24, 2.45) is 11.8 Å². The molecule has 1 saturated carbocycles. The van der Waals surface area contributed by atoms with Crippen molar-refractivity contribution in [3.63, 3.8) is 0 Å². The Morgan fingerprint density at radius 3 is 2.89 bits per heavy atom. The molecular formula is C16H22N2S. The maximum absolute atomic E-state index is 9.37. The van der Waals surface area contributed by atoms with Gasteiger partial charge < -0.3 is 5.32 Å². The second-order valence-electron chi connectivity index (χ2n) is 5.27. The first-order chi connectivity index (χ1) is 9.26. The molecule has 1 aliphatic rings. The van der Waals surface area contributed by atoms with Crippen LogP contribution in [0.25, 0.3) is 0 Å². The summed E-state index contributed by atoms with van der Waals surface area (Å²) in [7, 11) is 0. The predicted octanol–water partition coefficient (Wildman–Crippen LogP) is 4.52. The van der Waals surface area contributed by atoms with Crippen LogP contribution in [0.3, 0.4) is 0 Å². The highest BCUT2D eigenvalue weighted by Crippen LogP contribution is 2.32. The van der Waals surface area contributed by atoms with Crippen LogP contribution in [0.2, 0.25) is 0 Å². The Morgan fingerprint density at radius 2 is 2.26 bits per heavy atom. The molecule has 1 N–H and O–H groups in total. The van der Waals surface area contributed by atoms with E-state index in [0.29, 0.717) is 0 Å². The average molecular weight is 274 g/mol. The van der Waals surface area contributed by atoms with Crippen molar-refractivity contribution < 1.29 is 0 Å². The minimum atomic E-state index is 0.758. The Labute approximate surface area is 120 Å². The highest BCUT2D eigenvalue weighted by atomic mass is 32.2. The number of nitriles is 1. The quantitative estimate of drug-likeness (QED) is 0.802. The van der Waals surface area contributed by atoms with E-state index in [2.05, 4.69) is 25.2 Å². The summed E-state index contributed by atoms with van der Waals surface area (Å²) in [6.07, 6.45) is 4.02. The third-order valence-electron chi connectivity index (χ3n) is 4.03. The molecule has 0 heterocycles. The Kier molecular flexibility index (Phi) is 5.15.